The minimum Gasteiger partial charge on any atom is -0.396 e. The number of aromatic nitrogens is 2. The summed E-state index contributed by atoms with van der Waals surface area (Å²) in [5.41, 5.74) is 7.57. The van der Waals surface area contributed by atoms with Crippen LogP contribution >= 0.6 is 0 Å². The molecule has 0 aliphatic heterocycles. The lowest BCUT2D eigenvalue weighted by Gasteiger charge is -2.17. The lowest BCUT2D eigenvalue weighted by molar-refractivity contribution is 0.0517. The third-order valence-electron chi connectivity index (χ3n) is 2.20. The van der Waals surface area contributed by atoms with Gasteiger partial charge in [-0.2, -0.15) is 5.10 Å². The summed E-state index contributed by atoms with van der Waals surface area (Å²) in [6, 6.07) is 0. The van der Waals surface area contributed by atoms with Crippen LogP contribution in [0.3, 0.4) is 0 Å². The van der Waals surface area contributed by atoms with Crippen molar-refractivity contribution in [1.82, 2.24) is 9.78 Å². The van der Waals surface area contributed by atoms with Crippen molar-refractivity contribution in [3.8, 4) is 0 Å². The first-order chi connectivity index (χ1) is 6.88. The van der Waals surface area contributed by atoms with Gasteiger partial charge in [-0.1, -0.05) is 20.8 Å². The highest BCUT2D eigenvalue weighted by molar-refractivity contribution is 5.39. The van der Waals surface area contributed by atoms with Gasteiger partial charge in [0, 0.05) is 6.61 Å². The van der Waals surface area contributed by atoms with Gasteiger partial charge in [-0.3, -0.25) is 0 Å². The Labute approximate surface area is 91.4 Å². The Morgan fingerprint density at radius 3 is 2.60 bits per heavy atom. The first-order valence-corrected chi connectivity index (χ1v) is 5.26. The molecule has 0 saturated carbocycles. The van der Waals surface area contributed by atoms with Crippen molar-refractivity contribution in [3.63, 3.8) is 0 Å². The molecule has 0 aromatic carbocycles. The smallest absolute Gasteiger partial charge is 0.139 e. The highest BCUT2D eigenvalue weighted by atomic mass is 16.5. The standard InChI is InChI=1S/C11H21N3O/c1-9-10(12)7-14(13-9)8-15-6-5-11(2,3)4/h7H,5-6,8,12H2,1-4H3. The minimum atomic E-state index is 0.319. The Kier molecular flexibility index (Phi) is 3.74. The second-order valence-electron chi connectivity index (χ2n) is 5.06. The van der Waals surface area contributed by atoms with Crippen LogP contribution in [0.1, 0.15) is 32.9 Å². The number of ether oxygens (including phenoxy) is 1. The zero-order chi connectivity index (χ0) is 11.5. The maximum atomic E-state index is 5.68. The number of anilines is 1. The summed E-state index contributed by atoms with van der Waals surface area (Å²) in [4.78, 5) is 0. The molecule has 1 aromatic heterocycles. The Morgan fingerprint density at radius 2 is 2.13 bits per heavy atom. The van der Waals surface area contributed by atoms with Crippen molar-refractivity contribution in [2.45, 2.75) is 40.8 Å². The van der Waals surface area contributed by atoms with Crippen molar-refractivity contribution in [2.75, 3.05) is 12.3 Å². The van der Waals surface area contributed by atoms with Gasteiger partial charge >= 0.3 is 0 Å². The summed E-state index contributed by atoms with van der Waals surface area (Å²) < 4.78 is 7.24. The van der Waals surface area contributed by atoms with Crippen LogP contribution in [-0.4, -0.2) is 16.4 Å². The van der Waals surface area contributed by atoms with E-state index in [1.54, 1.807) is 10.9 Å². The van der Waals surface area contributed by atoms with Crippen LogP contribution in [0, 0.1) is 12.3 Å². The molecule has 0 aliphatic carbocycles. The van der Waals surface area contributed by atoms with Crippen molar-refractivity contribution in [3.05, 3.63) is 11.9 Å². The van der Waals surface area contributed by atoms with E-state index < -0.39 is 0 Å². The van der Waals surface area contributed by atoms with Gasteiger partial charge in [-0.05, 0) is 18.8 Å². The quantitative estimate of drug-likeness (QED) is 0.777. The maximum Gasteiger partial charge on any atom is 0.139 e. The first-order valence-electron chi connectivity index (χ1n) is 5.26. The molecule has 1 aromatic rings. The normalized spacial score (nSPS) is 12.0. The molecule has 4 nitrogen and oxygen atoms in total. The Morgan fingerprint density at radius 1 is 1.47 bits per heavy atom. The second-order valence-corrected chi connectivity index (χ2v) is 5.06. The number of nitrogens with zero attached hydrogens (tertiary/aromatic N) is 2. The van der Waals surface area contributed by atoms with Crippen LogP contribution in [0.5, 0.6) is 0 Å². The van der Waals surface area contributed by atoms with Gasteiger partial charge in [0.25, 0.3) is 0 Å². The molecule has 1 rings (SSSR count). The van der Waals surface area contributed by atoms with E-state index in [4.69, 9.17) is 10.5 Å². The second kappa shape index (κ2) is 4.66. The summed E-state index contributed by atoms with van der Waals surface area (Å²) in [5, 5.41) is 4.21. The van der Waals surface area contributed by atoms with Gasteiger partial charge in [-0.15, -0.1) is 0 Å². The molecule has 0 fully saturated rings. The number of aryl methyl sites for hydroxylation is 1. The molecule has 0 unspecified atom stereocenters. The molecule has 2 N–H and O–H groups in total. The molecule has 0 aliphatic rings. The fourth-order valence-corrected chi connectivity index (χ4v) is 1.14. The summed E-state index contributed by atoms with van der Waals surface area (Å²) in [6.45, 7) is 9.72. The average molecular weight is 211 g/mol. The molecule has 0 atom stereocenters. The molecular weight excluding hydrogens is 190 g/mol. The van der Waals surface area contributed by atoms with Gasteiger partial charge in [0.15, 0.2) is 0 Å². The van der Waals surface area contributed by atoms with Gasteiger partial charge in [0.05, 0.1) is 17.6 Å². The molecule has 0 radical (unpaired) electrons. The topological polar surface area (TPSA) is 53.1 Å². The summed E-state index contributed by atoms with van der Waals surface area (Å²) in [7, 11) is 0. The van der Waals surface area contributed by atoms with Crippen molar-refractivity contribution in [1.29, 1.82) is 0 Å². The average Bonchev–Trinajstić information content (AvgIpc) is 2.39. The molecule has 1 heterocycles. The van der Waals surface area contributed by atoms with Crippen LogP contribution in [0.25, 0.3) is 0 Å². The lowest BCUT2D eigenvalue weighted by Crippen LogP contribution is -2.11. The third-order valence-corrected chi connectivity index (χ3v) is 2.20. The predicted molar refractivity (Wildman–Crippen MR) is 61.4 cm³/mol. The van der Waals surface area contributed by atoms with E-state index in [-0.39, 0.29) is 0 Å². The Balaban J connectivity index is 2.26. The number of hydrogen-bond acceptors (Lipinski definition) is 3. The summed E-state index contributed by atoms with van der Waals surface area (Å²) in [6.07, 6.45) is 2.84. The number of nitrogen functional groups attached to an aromatic ring is 1. The highest BCUT2D eigenvalue weighted by Crippen LogP contribution is 2.18. The summed E-state index contributed by atoms with van der Waals surface area (Å²) in [5.74, 6) is 0. The van der Waals surface area contributed by atoms with Gasteiger partial charge in [0.2, 0.25) is 0 Å². The Bertz CT molecular complexity index is 293. The van der Waals surface area contributed by atoms with Crippen LogP contribution in [0.15, 0.2) is 6.20 Å². The maximum absolute atomic E-state index is 5.68. The zero-order valence-electron chi connectivity index (χ0n) is 10.1. The number of rotatable bonds is 4. The van der Waals surface area contributed by atoms with Crippen LogP contribution in [0.2, 0.25) is 0 Å². The van der Waals surface area contributed by atoms with E-state index >= 15 is 0 Å². The molecule has 15 heavy (non-hydrogen) atoms. The van der Waals surface area contributed by atoms with E-state index in [1.165, 1.54) is 0 Å². The fourth-order valence-electron chi connectivity index (χ4n) is 1.14. The predicted octanol–water partition coefficient (Wildman–Crippen LogP) is 2.18. The van der Waals surface area contributed by atoms with Crippen LogP contribution in [-0.2, 0) is 11.5 Å². The first kappa shape index (κ1) is 12.0. The molecule has 0 bridgehead atoms. The van der Waals surface area contributed by atoms with E-state index in [9.17, 15) is 0 Å². The van der Waals surface area contributed by atoms with Crippen molar-refractivity contribution in [2.24, 2.45) is 5.41 Å². The molecule has 86 valence electrons. The molecule has 0 spiro atoms. The van der Waals surface area contributed by atoms with Gasteiger partial charge < -0.3 is 10.5 Å². The number of nitrogens with two attached hydrogens (primary N) is 1. The lowest BCUT2D eigenvalue weighted by atomic mass is 9.93. The van der Waals surface area contributed by atoms with Crippen LogP contribution in [0.4, 0.5) is 5.69 Å². The van der Waals surface area contributed by atoms with Crippen molar-refractivity contribution < 1.29 is 4.74 Å². The van der Waals surface area contributed by atoms with E-state index in [2.05, 4.69) is 25.9 Å². The summed E-state index contributed by atoms with van der Waals surface area (Å²) >= 11 is 0. The SMILES string of the molecule is Cc1nn(COCCC(C)(C)C)cc1N. The Hall–Kier alpha value is -1.03. The molecule has 4 heteroatoms. The van der Waals surface area contributed by atoms with Gasteiger partial charge in [0.1, 0.15) is 6.73 Å². The van der Waals surface area contributed by atoms with E-state index in [1.807, 2.05) is 6.92 Å². The largest absolute Gasteiger partial charge is 0.396 e. The molecular formula is C11H21N3O. The molecule has 0 amide bonds. The molecule has 0 saturated heterocycles. The monoisotopic (exact) mass is 211 g/mol. The minimum absolute atomic E-state index is 0.319. The fraction of sp³-hybridized carbons (Fsp3) is 0.727. The highest BCUT2D eigenvalue weighted by Gasteiger charge is 2.09. The van der Waals surface area contributed by atoms with Crippen molar-refractivity contribution >= 4 is 5.69 Å². The van der Waals surface area contributed by atoms with Crippen LogP contribution < -0.4 is 5.73 Å². The number of hydrogen-bond donors (Lipinski definition) is 1. The zero-order valence-corrected chi connectivity index (χ0v) is 10.1. The van der Waals surface area contributed by atoms with E-state index in [0.29, 0.717) is 12.1 Å². The van der Waals surface area contributed by atoms with Gasteiger partial charge in [-0.25, -0.2) is 4.68 Å². The third kappa shape index (κ3) is 4.34. The van der Waals surface area contributed by atoms with E-state index in [0.717, 1.165) is 24.4 Å².